The van der Waals surface area contributed by atoms with Crippen LogP contribution < -0.4 is 0 Å². The van der Waals surface area contributed by atoms with Crippen molar-refractivity contribution in [2.75, 3.05) is 13.2 Å². The molecule has 0 bridgehead atoms. The topological polar surface area (TPSA) is 228 Å². The van der Waals surface area contributed by atoms with Gasteiger partial charge in [0.15, 0.2) is 18.4 Å². The maximum absolute atomic E-state index is 12.0. The molecule has 14 heteroatoms. The predicted octanol–water partition coefficient (Wildman–Crippen LogP) is 0.315. The van der Waals surface area contributed by atoms with Crippen molar-refractivity contribution in [1.29, 1.82) is 0 Å². The molecule has 7 aliphatic rings. The molecule has 4 aliphatic carbocycles. The molecule has 0 unspecified atom stereocenters. The molecule has 0 aromatic heterocycles. The van der Waals surface area contributed by atoms with Gasteiger partial charge in [-0.2, -0.15) is 0 Å². The molecule has 9 N–H and O–H groups in total. The Labute approximate surface area is 312 Å². The molecule has 7 rings (SSSR count). The van der Waals surface area contributed by atoms with Gasteiger partial charge in [0.25, 0.3) is 0 Å². The van der Waals surface area contributed by atoms with E-state index in [-0.39, 0.29) is 41.8 Å². The molecular formula is C39H64O14. The molecule has 3 saturated carbocycles. The fraction of sp³-hybridized carbons (Fsp3) is 0.949. The second kappa shape index (κ2) is 14.8. The van der Waals surface area contributed by atoms with Crippen LogP contribution in [0, 0.1) is 46.3 Å². The van der Waals surface area contributed by atoms with Gasteiger partial charge >= 0.3 is 0 Å². The zero-order valence-corrected chi connectivity index (χ0v) is 31.7. The molecule has 6 fully saturated rings. The minimum atomic E-state index is -1.51. The summed E-state index contributed by atoms with van der Waals surface area (Å²) in [5.41, 5.74) is 0.695. The average molecular weight is 757 g/mol. The SMILES string of the molecule is C[C@@H](CC[C@@]1(O)O[C@H]2C[C@H]3[C@@H]4CC=C5C[C@@H](O)C[C@@H](O[C@@H]6O[C@H](C)[C@H](O)[C@H](O)[C@H]6O)[C@]5(C)[C@H]4CC[C@]3(C)[C@H]2[C@@H]1C)CO[C@@H]1O[C@H](CO)[C@@H](O)[C@H](O)[C@H]1O. The van der Waals surface area contributed by atoms with E-state index in [9.17, 15) is 46.0 Å². The summed E-state index contributed by atoms with van der Waals surface area (Å²) in [5.74, 6) is -0.366. The Balaban J connectivity index is 1.00. The van der Waals surface area contributed by atoms with Crippen LogP contribution in [-0.2, 0) is 23.7 Å². The van der Waals surface area contributed by atoms with Crippen LogP contribution in [0.15, 0.2) is 11.6 Å². The lowest BCUT2D eigenvalue weighted by atomic mass is 9.46. The molecule has 22 atom stereocenters. The van der Waals surface area contributed by atoms with Crippen LogP contribution in [-0.4, -0.2) is 145 Å². The highest BCUT2D eigenvalue weighted by Crippen LogP contribution is 2.70. The highest BCUT2D eigenvalue weighted by Gasteiger charge is 2.68. The number of hydrogen-bond acceptors (Lipinski definition) is 14. The van der Waals surface area contributed by atoms with Crippen molar-refractivity contribution < 1.29 is 69.6 Å². The summed E-state index contributed by atoms with van der Waals surface area (Å²) in [6, 6.07) is 0. The largest absolute Gasteiger partial charge is 0.394 e. The minimum Gasteiger partial charge on any atom is -0.394 e. The van der Waals surface area contributed by atoms with E-state index in [1.54, 1.807) is 6.92 Å². The molecule has 0 amide bonds. The standard InChI is InChI=1S/C39H64O14/c1-17(16-49-35-33(46)32(45)30(43)26(15-40)51-35)8-11-39(48)18(2)28-25(53-39)14-24-22-7-6-20-12-21(41)13-27(38(20,5)23(22)9-10-37(24,28)4)52-36-34(47)31(44)29(42)19(3)50-36/h6,17-19,21-36,40-48H,7-16H2,1-5H3/t17-,18-,19+,21+,22+,23-,24-,25-,26+,27+,28-,29-,30+,31-,32-,33+,34+,35+,36-,37-,38-,39+/m0/s1. The van der Waals surface area contributed by atoms with E-state index in [2.05, 4.69) is 26.8 Å². The van der Waals surface area contributed by atoms with Crippen LogP contribution in [0.1, 0.15) is 86.0 Å². The van der Waals surface area contributed by atoms with E-state index in [4.69, 9.17) is 23.7 Å². The van der Waals surface area contributed by atoms with Crippen molar-refractivity contribution in [3.8, 4) is 0 Å². The first-order valence-corrected chi connectivity index (χ1v) is 20.0. The van der Waals surface area contributed by atoms with E-state index < -0.39 is 91.4 Å². The van der Waals surface area contributed by atoms with Crippen LogP contribution in [0.4, 0.5) is 0 Å². The van der Waals surface area contributed by atoms with Gasteiger partial charge in [-0.3, -0.25) is 0 Å². The van der Waals surface area contributed by atoms with E-state index >= 15 is 0 Å². The summed E-state index contributed by atoms with van der Waals surface area (Å²) in [7, 11) is 0. The van der Waals surface area contributed by atoms with Crippen molar-refractivity contribution in [3.63, 3.8) is 0 Å². The van der Waals surface area contributed by atoms with Gasteiger partial charge in [-0.05, 0) is 80.5 Å². The van der Waals surface area contributed by atoms with E-state index in [0.717, 1.165) is 25.7 Å². The van der Waals surface area contributed by atoms with Crippen LogP contribution in [0.3, 0.4) is 0 Å². The number of fused-ring (bicyclic) bond motifs is 7. The highest BCUT2D eigenvalue weighted by molar-refractivity contribution is 5.28. The number of rotatable bonds is 9. The van der Waals surface area contributed by atoms with Crippen LogP contribution in [0.5, 0.6) is 0 Å². The third-order valence-corrected chi connectivity index (χ3v) is 15.3. The van der Waals surface area contributed by atoms with E-state index in [0.29, 0.717) is 37.5 Å². The molecule has 0 aromatic carbocycles. The first-order valence-electron chi connectivity index (χ1n) is 20.0. The smallest absolute Gasteiger partial charge is 0.186 e. The van der Waals surface area contributed by atoms with Crippen molar-refractivity contribution in [3.05, 3.63) is 11.6 Å². The highest BCUT2D eigenvalue weighted by atomic mass is 16.7. The van der Waals surface area contributed by atoms with Gasteiger partial charge in [-0.25, -0.2) is 0 Å². The molecule has 53 heavy (non-hydrogen) atoms. The van der Waals surface area contributed by atoms with Gasteiger partial charge in [0.05, 0.1) is 37.6 Å². The zero-order valence-electron chi connectivity index (χ0n) is 31.7. The summed E-state index contributed by atoms with van der Waals surface area (Å²) in [5, 5.41) is 94.5. The summed E-state index contributed by atoms with van der Waals surface area (Å²) in [6.07, 6.45) is -5.88. The van der Waals surface area contributed by atoms with Crippen molar-refractivity contribution in [2.45, 2.75) is 171 Å². The van der Waals surface area contributed by atoms with Gasteiger partial charge in [0.1, 0.15) is 42.7 Å². The normalized spacial score (nSPS) is 55.8. The Kier molecular flexibility index (Phi) is 11.3. The Morgan fingerprint density at radius 3 is 2.30 bits per heavy atom. The number of aliphatic hydroxyl groups excluding tert-OH is 8. The van der Waals surface area contributed by atoms with Crippen molar-refractivity contribution in [2.24, 2.45) is 46.3 Å². The summed E-state index contributed by atoms with van der Waals surface area (Å²) in [4.78, 5) is 0. The number of ether oxygens (including phenoxy) is 5. The first-order chi connectivity index (χ1) is 24.9. The monoisotopic (exact) mass is 756 g/mol. The Morgan fingerprint density at radius 2 is 1.58 bits per heavy atom. The van der Waals surface area contributed by atoms with Crippen molar-refractivity contribution >= 4 is 0 Å². The number of allylic oxidation sites excluding steroid dienone is 1. The van der Waals surface area contributed by atoms with Gasteiger partial charge in [0, 0.05) is 24.2 Å². The minimum absolute atomic E-state index is 0.0498. The third kappa shape index (κ3) is 6.67. The molecule has 0 aromatic rings. The molecule has 3 aliphatic heterocycles. The van der Waals surface area contributed by atoms with Crippen molar-refractivity contribution in [1.82, 2.24) is 0 Å². The van der Waals surface area contributed by atoms with Gasteiger partial charge in [-0.1, -0.05) is 39.3 Å². The van der Waals surface area contributed by atoms with E-state index in [1.807, 2.05) is 6.92 Å². The maximum Gasteiger partial charge on any atom is 0.186 e. The quantitative estimate of drug-likeness (QED) is 0.145. The zero-order chi connectivity index (χ0) is 38.4. The van der Waals surface area contributed by atoms with E-state index in [1.165, 1.54) is 5.57 Å². The molecule has 3 saturated heterocycles. The fourth-order valence-electron chi connectivity index (χ4n) is 12.1. The summed E-state index contributed by atoms with van der Waals surface area (Å²) in [6.45, 7) is 9.96. The molecular weight excluding hydrogens is 692 g/mol. The Morgan fingerprint density at radius 1 is 0.887 bits per heavy atom. The second-order valence-corrected chi connectivity index (χ2v) is 18.3. The number of hydrogen-bond donors (Lipinski definition) is 9. The summed E-state index contributed by atoms with van der Waals surface area (Å²) >= 11 is 0. The predicted molar refractivity (Wildman–Crippen MR) is 186 cm³/mol. The van der Waals surface area contributed by atoms with Gasteiger partial charge in [0.2, 0.25) is 0 Å². The lowest BCUT2D eigenvalue weighted by Crippen LogP contribution is -2.61. The number of aliphatic hydroxyl groups is 9. The molecule has 3 heterocycles. The summed E-state index contributed by atoms with van der Waals surface area (Å²) < 4.78 is 30.3. The Hall–Kier alpha value is -0.820. The first kappa shape index (κ1) is 40.4. The Bertz CT molecular complexity index is 1330. The fourth-order valence-corrected chi connectivity index (χ4v) is 12.1. The molecule has 14 nitrogen and oxygen atoms in total. The van der Waals surface area contributed by atoms with Crippen LogP contribution >= 0.6 is 0 Å². The third-order valence-electron chi connectivity index (χ3n) is 15.3. The van der Waals surface area contributed by atoms with Gasteiger partial charge in [-0.15, -0.1) is 0 Å². The van der Waals surface area contributed by atoms with Gasteiger partial charge < -0.3 is 69.6 Å². The lowest BCUT2D eigenvalue weighted by molar-refractivity contribution is -0.318. The van der Waals surface area contributed by atoms with Crippen LogP contribution in [0.2, 0.25) is 0 Å². The molecule has 0 spiro atoms. The molecule has 304 valence electrons. The molecule has 0 radical (unpaired) electrons. The van der Waals surface area contributed by atoms with Crippen LogP contribution in [0.25, 0.3) is 0 Å². The maximum atomic E-state index is 12.0. The second-order valence-electron chi connectivity index (χ2n) is 18.3. The average Bonchev–Trinajstić information content (AvgIpc) is 3.56. The lowest BCUT2D eigenvalue weighted by Gasteiger charge is -2.60.